The highest BCUT2D eigenvalue weighted by molar-refractivity contribution is 6.30. The van der Waals surface area contributed by atoms with Crippen LogP contribution in [0, 0.1) is 11.2 Å². The average Bonchev–Trinajstić information content (AvgIpc) is 2.06. The number of rotatable bonds is 3. The first kappa shape index (κ1) is 13.5. The van der Waals surface area contributed by atoms with Crippen molar-refractivity contribution in [2.75, 3.05) is 0 Å². The van der Waals surface area contributed by atoms with E-state index in [0.29, 0.717) is 17.0 Å². The maximum absolute atomic E-state index is 13.5. The third-order valence-corrected chi connectivity index (χ3v) is 2.61. The maximum Gasteiger partial charge on any atom is 0.127 e. The van der Waals surface area contributed by atoms with Gasteiger partial charge in [0.25, 0.3) is 0 Å². The summed E-state index contributed by atoms with van der Waals surface area (Å²) in [6, 6.07) is 4.72. The zero-order chi connectivity index (χ0) is 12.3. The van der Waals surface area contributed by atoms with Crippen molar-refractivity contribution in [2.45, 2.75) is 39.7 Å². The van der Waals surface area contributed by atoms with Crippen LogP contribution in [-0.2, 0) is 6.42 Å². The lowest BCUT2D eigenvalue weighted by Crippen LogP contribution is -2.28. The van der Waals surface area contributed by atoms with Gasteiger partial charge in [-0.25, -0.2) is 4.39 Å². The number of hydrogen-bond donors (Lipinski definition) is 1. The largest absolute Gasteiger partial charge is 0.327 e. The Hall–Kier alpha value is -0.600. The van der Waals surface area contributed by atoms with Crippen molar-refractivity contribution in [3.05, 3.63) is 34.6 Å². The second-order valence-electron chi connectivity index (χ2n) is 5.46. The summed E-state index contributed by atoms with van der Waals surface area (Å²) in [6.07, 6.45) is 1.43. The highest BCUT2D eigenvalue weighted by Crippen LogP contribution is 2.23. The van der Waals surface area contributed by atoms with E-state index >= 15 is 0 Å². The summed E-state index contributed by atoms with van der Waals surface area (Å²) in [6.45, 7) is 6.39. The van der Waals surface area contributed by atoms with Gasteiger partial charge in [-0.05, 0) is 36.0 Å². The summed E-state index contributed by atoms with van der Waals surface area (Å²) in [4.78, 5) is 0. The van der Waals surface area contributed by atoms with Crippen LogP contribution in [0.5, 0.6) is 0 Å². The minimum Gasteiger partial charge on any atom is -0.327 e. The van der Waals surface area contributed by atoms with E-state index in [4.69, 9.17) is 17.3 Å². The fourth-order valence-corrected chi connectivity index (χ4v) is 1.99. The molecule has 0 heterocycles. The smallest absolute Gasteiger partial charge is 0.127 e. The van der Waals surface area contributed by atoms with Gasteiger partial charge >= 0.3 is 0 Å². The van der Waals surface area contributed by atoms with Crippen LogP contribution in [0.2, 0.25) is 5.02 Å². The van der Waals surface area contributed by atoms with Crippen LogP contribution in [0.4, 0.5) is 4.39 Å². The Morgan fingerprint density at radius 3 is 2.50 bits per heavy atom. The summed E-state index contributed by atoms with van der Waals surface area (Å²) in [5.41, 5.74) is 6.81. The Balaban J connectivity index is 2.66. The second kappa shape index (κ2) is 5.15. The average molecular weight is 244 g/mol. The molecule has 90 valence electrons. The van der Waals surface area contributed by atoms with E-state index in [1.165, 1.54) is 6.07 Å². The van der Waals surface area contributed by atoms with E-state index < -0.39 is 0 Å². The van der Waals surface area contributed by atoms with Gasteiger partial charge in [0.1, 0.15) is 5.82 Å². The predicted molar refractivity (Wildman–Crippen MR) is 67.2 cm³/mol. The van der Waals surface area contributed by atoms with E-state index in [0.717, 1.165) is 6.42 Å². The van der Waals surface area contributed by atoms with Gasteiger partial charge in [-0.3, -0.25) is 0 Å². The molecule has 2 N–H and O–H groups in total. The molecule has 0 amide bonds. The summed E-state index contributed by atoms with van der Waals surface area (Å²) >= 11 is 5.69. The first-order chi connectivity index (χ1) is 7.28. The molecule has 1 aromatic carbocycles. The highest BCUT2D eigenvalue weighted by Gasteiger charge is 2.17. The topological polar surface area (TPSA) is 26.0 Å². The van der Waals surface area contributed by atoms with Crippen LogP contribution in [0.25, 0.3) is 0 Å². The van der Waals surface area contributed by atoms with Crippen LogP contribution in [-0.4, -0.2) is 6.04 Å². The summed E-state index contributed by atoms with van der Waals surface area (Å²) in [7, 11) is 0. The van der Waals surface area contributed by atoms with Crippen LogP contribution in [0.15, 0.2) is 18.2 Å². The Kier molecular flexibility index (Phi) is 4.34. The number of halogens is 2. The lowest BCUT2D eigenvalue weighted by molar-refractivity contribution is 0.337. The second-order valence-corrected chi connectivity index (χ2v) is 5.90. The molecule has 1 rings (SSSR count). The van der Waals surface area contributed by atoms with Crippen molar-refractivity contribution in [1.29, 1.82) is 0 Å². The van der Waals surface area contributed by atoms with Gasteiger partial charge in [-0.15, -0.1) is 0 Å². The molecule has 1 atom stereocenters. The fourth-order valence-electron chi connectivity index (χ4n) is 1.83. The number of nitrogens with two attached hydrogens (primary N) is 1. The van der Waals surface area contributed by atoms with Crippen molar-refractivity contribution >= 4 is 11.6 Å². The quantitative estimate of drug-likeness (QED) is 0.859. The van der Waals surface area contributed by atoms with Crippen molar-refractivity contribution in [1.82, 2.24) is 0 Å². The van der Waals surface area contributed by atoms with Gasteiger partial charge in [0.2, 0.25) is 0 Å². The van der Waals surface area contributed by atoms with Crippen molar-refractivity contribution in [3.8, 4) is 0 Å². The maximum atomic E-state index is 13.5. The molecule has 0 radical (unpaired) electrons. The zero-order valence-corrected chi connectivity index (χ0v) is 10.8. The zero-order valence-electron chi connectivity index (χ0n) is 10.1. The number of benzene rings is 1. The number of hydrogen-bond acceptors (Lipinski definition) is 1. The van der Waals surface area contributed by atoms with E-state index in [9.17, 15) is 4.39 Å². The van der Waals surface area contributed by atoms with Crippen LogP contribution in [0.3, 0.4) is 0 Å². The molecule has 1 aromatic rings. The molecule has 0 aliphatic heterocycles. The van der Waals surface area contributed by atoms with Gasteiger partial charge < -0.3 is 5.73 Å². The molecule has 0 saturated carbocycles. The minimum atomic E-state index is -0.267. The molecule has 0 saturated heterocycles. The Bertz CT molecular complexity index is 357. The predicted octanol–water partition coefficient (Wildman–Crippen LogP) is 3.79. The molecule has 1 nitrogen and oxygen atoms in total. The molecular weight excluding hydrogens is 225 g/mol. The van der Waals surface area contributed by atoms with Gasteiger partial charge in [0, 0.05) is 11.1 Å². The molecule has 16 heavy (non-hydrogen) atoms. The van der Waals surface area contributed by atoms with Crippen LogP contribution < -0.4 is 5.73 Å². The Labute approximate surface area is 102 Å². The first-order valence-corrected chi connectivity index (χ1v) is 5.85. The van der Waals surface area contributed by atoms with Crippen molar-refractivity contribution in [2.24, 2.45) is 11.1 Å². The van der Waals surface area contributed by atoms with Gasteiger partial charge in [-0.2, -0.15) is 0 Å². The van der Waals surface area contributed by atoms with E-state index in [-0.39, 0.29) is 17.3 Å². The third-order valence-electron chi connectivity index (χ3n) is 2.37. The Morgan fingerprint density at radius 2 is 2.00 bits per heavy atom. The van der Waals surface area contributed by atoms with Gasteiger partial charge in [0.15, 0.2) is 0 Å². The van der Waals surface area contributed by atoms with E-state index in [2.05, 4.69) is 20.8 Å². The first-order valence-electron chi connectivity index (χ1n) is 5.47. The van der Waals surface area contributed by atoms with Gasteiger partial charge in [-0.1, -0.05) is 38.4 Å². The Morgan fingerprint density at radius 1 is 1.38 bits per heavy atom. The van der Waals surface area contributed by atoms with Crippen LogP contribution in [0.1, 0.15) is 32.8 Å². The summed E-state index contributed by atoms with van der Waals surface area (Å²) < 4.78 is 13.5. The molecule has 0 aromatic heterocycles. The molecular formula is C13H19ClFN. The van der Waals surface area contributed by atoms with E-state index in [1.807, 2.05) is 0 Å². The molecule has 1 unspecified atom stereocenters. The standard InChI is InChI=1S/C13H19ClFN/c1-13(2,3)8-11(16)6-9-4-5-10(14)7-12(9)15/h4-5,7,11H,6,8,16H2,1-3H3. The molecule has 0 aliphatic carbocycles. The van der Waals surface area contributed by atoms with Crippen molar-refractivity contribution < 1.29 is 4.39 Å². The monoisotopic (exact) mass is 243 g/mol. The van der Waals surface area contributed by atoms with Crippen molar-refractivity contribution in [3.63, 3.8) is 0 Å². The van der Waals surface area contributed by atoms with Crippen LogP contribution >= 0.6 is 11.6 Å². The van der Waals surface area contributed by atoms with Gasteiger partial charge in [0.05, 0.1) is 0 Å². The van der Waals surface area contributed by atoms with E-state index in [1.54, 1.807) is 12.1 Å². The lowest BCUT2D eigenvalue weighted by Gasteiger charge is -2.23. The SMILES string of the molecule is CC(C)(C)CC(N)Cc1ccc(Cl)cc1F. The summed E-state index contributed by atoms with van der Waals surface area (Å²) in [5.74, 6) is -0.267. The summed E-state index contributed by atoms with van der Waals surface area (Å²) in [5, 5.41) is 0.422. The third kappa shape index (κ3) is 4.50. The fraction of sp³-hybridized carbons (Fsp3) is 0.538. The minimum absolute atomic E-state index is 0.0179. The molecule has 0 bridgehead atoms. The molecule has 0 aliphatic rings. The highest BCUT2D eigenvalue weighted by atomic mass is 35.5. The lowest BCUT2D eigenvalue weighted by atomic mass is 9.86. The molecule has 3 heteroatoms. The molecule has 0 spiro atoms. The normalized spacial score (nSPS) is 13.9. The molecule has 0 fully saturated rings.